The number of para-hydroxylation sites is 1. The minimum absolute atomic E-state index is 0.0172. The molecule has 0 bridgehead atoms. The van der Waals surface area contributed by atoms with Gasteiger partial charge in [-0.2, -0.15) is 0 Å². The smallest absolute Gasteiger partial charge is 0.253 e. The van der Waals surface area contributed by atoms with Crippen LogP contribution in [0.4, 0.5) is 5.69 Å². The third kappa shape index (κ3) is 2.71. The summed E-state index contributed by atoms with van der Waals surface area (Å²) in [6.07, 6.45) is 0.917. The van der Waals surface area contributed by atoms with Crippen molar-refractivity contribution >= 4 is 11.6 Å². The molecule has 0 saturated heterocycles. The van der Waals surface area contributed by atoms with Gasteiger partial charge in [0, 0.05) is 18.8 Å². The highest BCUT2D eigenvalue weighted by molar-refractivity contribution is 5.97. The zero-order valence-corrected chi connectivity index (χ0v) is 10.9. The fourth-order valence-corrected chi connectivity index (χ4v) is 2.32. The van der Waals surface area contributed by atoms with E-state index in [2.05, 4.69) is 13.0 Å². The molecule has 2 rings (SSSR count). The lowest BCUT2D eigenvalue weighted by molar-refractivity contribution is -0.123. The van der Waals surface area contributed by atoms with Crippen molar-refractivity contribution in [3.63, 3.8) is 0 Å². The first kappa shape index (κ1) is 13.1. The largest absolute Gasteiger partial charge is 0.382 e. The summed E-state index contributed by atoms with van der Waals surface area (Å²) < 4.78 is 10.2. The lowest BCUT2D eigenvalue weighted by Crippen LogP contribution is -2.38. The van der Waals surface area contributed by atoms with E-state index in [1.165, 1.54) is 5.56 Å². The zero-order chi connectivity index (χ0) is 13.0. The maximum absolute atomic E-state index is 12.1. The summed E-state index contributed by atoms with van der Waals surface area (Å²) in [5.41, 5.74) is 2.25. The van der Waals surface area contributed by atoms with Crippen LogP contribution in [-0.2, 0) is 20.7 Å². The Morgan fingerprint density at radius 1 is 1.39 bits per heavy atom. The van der Waals surface area contributed by atoms with Gasteiger partial charge in [0.25, 0.3) is 5.91 Å². The van der Waals surface area contributed by atoms with Crippen molar-refractivity contribution in [2.24, 2.45) is 0 Å². The molecule has 1 amide bonds. The summed E-state index contributed by atoms with van der Waals surface area (Å²) in [7, 11) is 1.62. The van der Waals surface area contributed by atoms with Crippen LogP contribution in [0, 0.1) is 0 Å². The average molecular weight is 249 g/mol. The highest BCUT2D eigenvalue weighted by atomic mass is 16.5. The van der Waals surface area contributed by atoms with Crippen molar-refractivity contribution in [2.45, 2.75) is 19.4 Å². The van der Waals surface area contributed by atoms with Gasteiger partial charge in [0.1, 0.15) is 6.61 Å². The second-order valence-corrected chi connectivity index (χ2v) is 4.49. The van der Waals surface area contributed by atoms with Gasteiger partial charge in [-0.1, -0.05) is 18.2 Å². The van der Waals surface area contributed by atoms with Crippen molar-refractivity contribution < 1.29 is 14.3 Å². The molecule has 0 aliphatic carbocycles. The molecule has 4 nitrogen and oxygen atoms in total. The van der Waals surface area contributed by atoms with E-state index in [9.17, 15) is 4.79 Å². The van der Waals surface area contributed by atoms with Crippen molar-refractivity contribution in [3.8, 4) is 0 Å². The first-order chi connectivity index (χ1) is 8.74. The Bertz CT molecular complexity index is 419. The first-order valence-corrected chi connectivity index (χ1v) is 6.20. The number of methoxy groups -OCH3 is 1. The molecule has 1 atom stereocenters. The van der Waals surface area contributed by atoms with Crippen LogP contribution in [0.25, 0.3) is 0 Å². The number of hydrogen-bond donors (Lipinski definition) is 0. The molecule has 4 heteroatoms. The van der Waals surface area contributed by atoms with E-state index in [-0.39, 0.29) is 18.6 Å². The Hall–Kier alpha value is -1.39. The van der Waals surface area contributed by atoms with E-state index in [4.69, 9.17) is 9.47 Å². The quantitative estimate of drug-likeness (QED) is 0.744. The molecular formula is C14H19NO3. The second kappa shape index (κ2) is 5.98. The molecule has 1 aromatic rings. The molecule has 0 spiro atoms. The van der Waals surface area contributed by atoms with Gasteiger partial charge < -0.3 is 14.4 Å². The molecular weight excluding hydrogens is 230 g/mol. The first-order valence-electron chi connectivity index (χ1n) is 6.20. The second-order valence-electron chi connectivity index (χ2n) is 4.49. The number of benzene rings is 1. The molecule has 0 aromatic heterocycles. The summed E-state index contributed by atoms with van der Waals surface area (Å²) in [5.74, 6) is 0.0172. The van der Waals surface area contributed by atoms with Crippen LogP contribution >= 0.6 is 0 Å². The lowest BCUT2D eigenvalue weighted by atomic mass is 10.1. The molecule has 1 aromatic carbocycles. The normalized spacial score (nSPS) is 17.9. The van der Waals surface area contributed by atoms with Crippen LogP contribution in [0.15, 0.2) is 24.3 Å². The molecule has 0 saturated carbocycles. The minimum Gasteiger partial charge on any atom is -0.382 e. The number of amides is 1. The molecule has 1 heterocycles. The van der Waals surface area contributed by atoms with Gasteiger partial charge in [-0.3, -0.25) is 4.79 Å². The van der Waals surface area contributed by atoms with Gasteiger partial charge in [0.05, 0.1) is 13.2 Å². The summed E-state index contributed by atoms with van der Waals surface area (Å²) in [6.45, 7) is 3.14. The van der Waals surface area contributed by atoms with Gasteiger partial charge in [0.2, 0.25) is 0 Å². The van der Waals surface area contributed by atoms with E-state index < -0.39 is 0 Å². The molecule has 98 valence electrons. The third-order valence-corrected chi connectivity index (χ3v) is 3.13. The lowest BCUT2D eigenvalue weighted by Gasteiger charge is -2.22. The van der Waals surface area contributed by atoms with Crippen LogP contribution in [-0.4, -0.2) is 38.9 Å². The van der Waals surface area contributed by atoms with E-state index in [1.807, 2.05) is 23.1 Å². The highest BCUT2D eigenvalue weighted by Crippen LogP contribution is 2.31. The monoisotopic (exact) mass is 249 g/mol. The van der Waals surface area contributed by atoms with E-state index in [0.29, 0.717) is 13.2 Å². The van der Waals surface area contributed by atoms with Gasteiger partial charge >= 0.3 is 0 Å². The van der Waals surface area contributed by atoms with Crippen LogP contribution in [0.2, 0.25) is 0 Å². The average Bonchev–Trinajstić information content (AvgIpc) is 2.70. The molecule has 0 N–H and O–H groups in total. The topological polar surface area (TPSA) is 38.8 Å². The number of carbonyl (C=O) groups excluding carboxylic acids is 1. The van der Waals surface area contributed by atoms with Gasteiger partial charge in [-0.25, -0.2) is 0 Å². The van der Waals surface area contributed by atoms with Crippen molar-refractivity contribution in [1.82, 2.24) is 0 Å². The number of hydrogen-bond acceptors (Lipinski definition) is 3. The molecule has 1 aliphatic rings. The van der Waals surface area contributed by atoms with Crippen molar-refractivity contribution in [2.75, 3.05) is 31.8 Å². The summed E-state index contributed by atoms with van der Waals surface area (Å²) in [4.78, 5) is 14.0. The Kier molecular flexibility index (Phi) is 4.33. The van der Waals surface area contributed by atoms with Gasteiger partial charge in [0.15, 0.2) is 0 Å². The fraction of sp³-hybridized carbons (Fsp3) is 0.500. The number of carbonyl (C=O) groups is 1. The minimum atomic E-state index is 0.0172. The number of fused-ring (bicyclic) bond motifs is 1. The molecule has 0 radical (unpaired) electrons. The maximum Gasteiger partial charge on any atom is 0.253 e. The molecule has 1 unspecified atom stereocenters. The summed E-state index contributed by atoms with van der Waals surface area (Å²) >= 11 is 0. The Balaban J connectivity index is 1.98. The Morgan fingerprint density at radius 2 is 2.17 bits per heavy atom. The SMILES string of the molecule is COCCOCC(=O)N1c2ccccc2CC1C. The maximum atomic E-state index is 12.1. The van der Waals surface area contributed by atoms with E-state index >= 15 is 0 Å². The number of rotatable bonds is 5. The molecule has 1 aliphatic heterocycles. The van der Waals surface area contributed by atoms with Crippen molar-refractivity contribution in [1.29, 1.82) is 0 Å². The number of ether oxygens (including phenoxy) is 2. The van der Waals surface area contributed by atoms with Crippen LogP contribution in [0.5, 0.6) is 0 Å². The predicted octanol–water partition coefficient (Wildman–Crippen LogP) is 1.63. The van der Waals surface area contributed by atoms with E-state index in [0.717, 1.165) is 12.1 Å². The number of anilines is 1. The van der Waals surface area contributed by atoms with Gasteiger partial charge in [-0.05, 0) is 25.0 Å². The number of nitrogens with zero attached hydrogens (tertiary/aromatic N) is 1. The van der Waals surface area contributed by atoms with Crippen molar-refractivity contribution in [3.05, 3.63) is 29.8 Å². The Morgan fingerprint density at radius 3 is 2.94 bits per heavy atom. The van der Waals surface area contributed by atoms with Crippen LogP contribution in [0.3, 0.4) is 0 Å². The summed E-state index contributed by atoms with van der Waals surface area (Å²) in [5, 5.41) is 0. The molecule has 0 fully saturated rings. The molecule has 18 heavy (non-hydrogen) atoms. The third-order valence-electron chi connectivity index (χ3n) is 3.13. The highest BCUT2D eigenvalue weighted by Gasteiger charge is 2.30. The van der Waals surface area contributed by atoms with Crippen LogP contribution in [0.1, 0.15) is 12.5 Å². The van der Waals surface area contributed by atoms with Crippen LogP contribution < -0.4 is 4.90 Å². The van der Waals surface area contributed by atoms with E-state index in [1.54, 1.807) is 7.11 Å². The summed E-state index contributed by atoms with van der Waals surface area (Å²) in [6, 6.07) is 8.25. The fourth-order valence-electron chi connectivity index (χ4n) is 2.32. The standard InChI is InChI=1S/C14H19NO3/c1-11-9-12-5-3-4-6-13(12)15(11)14(16)10-18-8-7-17-2/h3-6,11H,7-10H2,1-2H3. The predicted molar refractivity (Wildman–Crippen MR) is 69.8 cm³/mol. The van der Waals surface area contributed by atoms with Gasteiger partial charge in [-0.15, -0.1) is 0 Å². The Labute approximate surface area is 107 Å². The zero-order valence-electron chi connectivity index (χ0n) is 10.9.